The molecule has 3 rings (SSSR count). The van der Waals surface area contributed by atoms with Gasteiger partial charge in [-0.2, -0.15) is 5.10 Å². The van der Waals surface area contributed by atoms with E-state index in [1.165, 1.54) is 6.33 Å². The molecule has 0 bridgehead atoms. The summed E-state index contributed by atoms with van der Waals surface area (Å²) in [6.07, 6.45) is 1.94. The van der Waals surface area contributed by atoms with Crippen molar-refractivity contribution in [1.82, 2.24) is 20.1 Å². The molecule has 1 aromatic heterocycles. The summed E-state index contributed by atoms with van der Waals surface area (Å²) < 4.78 is 12.8. The minimum Gasteiger partial charge on any atom is -0.491 e. The molecule has 0 radical (unpaired) electrons. The topological polar surface area (TPSA) is 98.5 Å². The zero-order valence-electron chi connectivity index (χ0n) is 17.9. The molecule has 8 nitrogen and oxygen atoms in total. The SMILES string of the molecule is CC(C)(C)OC(=O)N[C@@H](Cc1ccccc1)[C@@H](O)COc1cccc(-n2cncn2)c1. The lowest BCUT2D eigenvalue weighted by molar-refractivity contribution is 0.0348. The fourth-order valence-corrected chi connectivity index (χ4v) is 2.97. The van der Waals surface area contributed by atoms with Crippen LogP contribution in [0, 0.1) is 0 Å². The molecule has 164 valence electrons. The summed E-state index contributed by atoms with van der Waals surface area (Å²) in [4.78, 5) is 16.3. The van der Waals surface area contributed by atoms with Crippen LogP contribution in [-0.4, -0.2) is 50.3 Å². The van der Waals surface area contributed by atoms with Crippen molar-refractivity contribution in [2.45, 2.75) is 44.9 Å². The molecule has 0 spiro atoms. The molecule has 2 atom stereocenters. The maximum atomic E-state index is 12.3. The number of ether oxygens (including phenoxy) is 2. The summed E-state index contributed by atoms with van der Waals surface area (Å²) >= 11 is 0. The van der Waals surface area contributed by atoms with Gasteiger partial charge in [-0.25, -0.2) is 14.5 Å². The largest absolute Gasteiger partial charge is 0.491 e. The van der Waals surface area contributed by atoms with E-state index in [4.69, 9.17) is 9.47 Å². The van der Waals surface area contributed by atoms with Crippen LogP contribution in [0.1, 0.15) is 26.3 Å². The third-order valence-electron chi connectivity index (χ3n) is 4.39. The van der Waals surface area contributed by atoms with E-state index in [0.29, 0.717) is 12.2 Å². The molecule has 0 aliphatic rings. The fraction of sp³-hybridized carbons (Fsp3) is 0.348. The predicted octanol–water partition coefficient (Wildman–Crippen LogP) is 3.14. The Morgan fingerprint density at radius 1 is 1.16 bits per heavy atom. The van der Waals surface area contributed by atoms with Crippen LogP contribution >= 0.6 is 0 Å². The monoisotopic (exact) mass is 424 g/mol. The average molecular weight is 425 g/mol. The van der Waals surface area contributed by atoms with E-state index < -0.39 is 23.8 Å². The number of hydrogen-bond donors (Lipinski definition) is 2. The van der Waals surface area contributed by atoms with Gasteiger partial charge < -0.3 is 19.9 Å². The van der Waals surface area contributed by atoms with E-state index in [0.717, 1.165) is 11.3 Å². The number of benzene rings is 2. The molecular formula is C23H28N4O4. The van der Waals surface area contributed by atoms with E-state index in [9.17, 15) is 9.90 Å². The first-order valence-electron chi connectivity index (χ1n) is 10.1. The van der Waals surface area contributed by atoms with Crippen molar-refractivity contribution in [1.29, 1.82) is 0 Å². The first kappa shape index (κ1) is 22.3. The van der Waals surface area contributed by atoms with Crippen LogP contribution < -0.4 is 10.1 Å². The van der Waals surface area contributed by atoms with Crippen molar-refractivity contribution in [3.8, 4) is 11.4 Å². The lowest BCUT2D eigenvalue weighted by atomic mass is 10.0. The van der Waals surface area contributed by atoms with Gasteiger partial charge in [0.05, 0.1) is 11.7 Å². The molecule has 0 saturated carbocycles. The Bertz CT molecular complexity index is 955. The van der Waals surface area contributed by atoms with E-state index in [1.54, 1.807) is 43.9 Å². The van der Waals surface area contributed by atoms with Gasteiger partial charge in [0.1, 0.15) is 36.7 Å². The van der Waals surface area contributed by atoms with Gasteiger partial charge in [0.15, 0.2) is 0 Å². The Balaban J connectivity index is 1.66. The highest BCUT2D eigenvalue weighted by Gasteiger charge is 2.25. The maximum Gasteiger partial charge on any atom is 0.407 e. The zero-order valence-corrected chi connectivity index (χ0v) is 17.9. The highest BCUT2D eigenvalue weighted by atomic mass is 16.6. The number of carbonyl (C=O) groups excluding carboxylic acids is 1. The van der Waals surface area contributed by atoms with Gasteiger partial charge in [-0.05, 0) is 44.9 Å². The molecule has 0 fully saturated rings. The second-order valence-electron chi connectivity index (χ2n) is 8.16. The van der Waals surface area contributed by atoms with Gasteiger partial charge >= 0.3 is 6.09 Å². The van der Waals surface area contributed by atoms with E-state index >= 15 is 0 Å². The summed E-state index contributed by atoms with van der Waals surface area (Å²) in [6, 6.07) is 16.3. The van der Waals surface area contributed by atoms with Crippen molar-refractivity contribution in [2.75, 3.05) is 6.61 Å². The number of amides is 1. The minimum absolute atomic E-state index is 0.00584. The Hall–Kier alpha value is -3.39. The van der Waals surface area contributed by atoms with Gasteiger partial charge in [-0.1, -0.05) is 36.4 Å². The van der Waals surface area contributed by atoms with E-state index in [1.807, 2.05) is 42.5 Å². The number of nitrogens with zero attached hydrogens (tertiary/aromatic N) is 3. The summed E-state index contributed by atoms with van der Waals surface area (Å²) in [7, 11) is 0. The van der Waals surface area contributed by atoms with Gasteiger partial charge in [0.25, 0.3) is 0 Å². The van der Waals surface area contributed by atoms with Crippen molar-refractivity contribution < 1.29 is 19.4 Å². The van der Waals surface area contributed by atoms with Crippen molar-refractivity contribution >= 4 is 6.09 Å². The Kier molecular flexibility index (Phi) is 7.25. The van der Waals surface area contributed by atoms with Crippen LogP contribution in [0.15, 0.2) is 67.3 Å². The van der Waals surface area contributed by atoms with E-state index in [-0.39, 0.29) is 6.61 Å². The third kappa shape index (κ3) is 7.11. The molecule has 3 aromatic rings. The minimum atomic E-state index is -0.956. The van der Waals surface area contributed by atoms with Gasteiger partial charge in [0, 0.05) is 6.07 Å². The number of aliphatic hydroxyl groups excluding tert-OH is 1. The molecule has 2 aromatic carbocycles. The third-order valence-corrected chi connectivity index (χ3v) is 4.39. The smallest absolute Gasteiger partial charge is 0.407 e. The molecule has 0 saturated heterocycles. The second kappa shape index (κ2) is 10.1. The molecule has 0 aliphatic heterocycles. The van der Waals surface area contributed by atoms with Gasteiger partial charge in [-0.15, -0.1) is 0 Å². The second-order valence-corrected chi connectivity index (χ2v) is 8.16. The molecular weight excluding hydrogens is 396 g/mol. The summed E-state index contributed by atoms with van der Waals surface area (Å²) in [5, 5.41) is 17.7. The van der Waals surface area contributed by atoms with E-state index in [2.05, 4.69) is 15.4 Å². The number of alkyl carbamates (subject to hydrolysis) is 1. The Morgan fingerprint density at radius 2 is 1.94 bits per heavy atom. The molecule has 2 N–H and O–H groups in total. The highest BCUT2D eigenvalue weighted by Crippen LogP contribution is 2.17. The number of hydrogen-bond acceptors (Lipinski definition) is 6. The van der Waals surface area contributed by atoms with Crippen molar-refractivity contribution in [3.05, 3.63) is 72.8 Å². The predicted molar refractivity (Wildman–Crippen MR) is 116 cm³/mol. The number of rotatable bonds is 8. The Labute approximate surface area is 181 Å². The van der Waals surface area contributed by atoms with Crippen LogP contribution in [0.4, 0.5) is 4.79 Å². The Morgan fingerprint density at radius 3 is 2.61 bits per heavy atom. The summed E-state index contributed by atoms with van der Waals surface area (Å²) in [5.41, 5.74) is 1.14. The quantitative estimate of drug-likeness (QED) is 0.576. The maximum absolute atomic E-state index is 12.3. The average Bonchev–Trinajstić information content (AvgIpc) is 3.26. The lowest BCUT2D eigenvalue weighted by Crippen LogP contribution is -2.48. The van der Waals surface area contributed by atoms with Gasteiger partial charge in [0.2, 0.25) is 0 Å². The number of carbonyl (C=O) groups is 1. The van der Waals surface area contributed by atoms with Crippen molar-refractivity contribution in [3.63, 3.8) is 0 Å². The first-order chi connectivity index (χ1) is 14.8. The van der Waals surface area contributed by atoms with Crippen LogP contribution in [0.2, 0.25) is 0 Å². The van der Waals surface area contributed by atoms with Gasteiger partial charge in [-0.3, -0.25) is 0 Å². The summed E-state index contributed by atoms with van der Waals surface area (Å²) in [6.45, 7) is 5.37. The molecule has 1 heterocycles. The van der Waals surface area contributed by atoms with Crippen LogP contribution in [0.5, 0.6) is 5.75 Å². The van der Waals surface area contributed by atoms with Crippen LogP contribution in [0.25, 0.3) is 5.69 Å². The van der Waals surface area contributed by atoms with Crippen molar-refractivity contribution in [2.24, 2.45) is 0 Å². The van der Waals surface area contributed by atoms with Crippen LogP contribution in [0.3, 0.4) is 0 Å². The first-order valence-corrected chi connectivity index (χ1v) is 10.1. The van der Waals surface area contributed by atoms with Crippen LogP contribution in [-0.2, 0) is 11.2 Å². The summed E-state index contributed by atoms with van der Waals surface area (Å²) in [5.74, 6) is 0.572. The highest BCUT2D eigenvalue weighted by molar-refractivity contribution is 5.68. The standard InChI is InChI=1S/C23H28N4O4/c1-23(2,3)31-22(29)26-20(12-17-8-5-4-6-9-17)21(28)14-30-19-11-7-10-18(13-19)27-16-24-15-25-27/h4-11,13,15-16,20-21,28H,12,14H2,1-3H3,(H,26,29)/t20-,21-/m0/s1. The molecule has 1 amide bonds. The zero-order chi connectivity index (χ0) is 22.3. The lowest BCUT2D eigenvalue weighted by Gasteiger charge is -2.27. The number of aromatic nitrogens is 3. The molecule has 0 unspecified atom stereocenters. The fourth-order valence-electron chi connectivity index (χ4n) is 2.97. The molecule has 0 aliphatic carbocycles. The number of nitrogens with one attached hydrogen (secondary N) is 1. The molecule has 31 heavy (non-hydrogen) atoms. The number of aliphatic hydroxyl groups is 1. The molecule has 8 heteroatoms. The normalized spacial score (nSPS) is 13.3.